The maximum Gasteiger partial charge on any atom is 0.398 e. The Labute approximate surface area is 780 Å². The summed E-state index contributed by atoms with van der Waals surface area (Å²) in [7, 11) is 17.8. The number of benzene rings is 8. The molecule has 4 aliphatic heterocycles. The number of pyridine rings is 4. The number of methoxy groups -OCH3 is 4. The number of rotatable bonds is 20. The van der Waals surface area contributed by atoms with Crippen LogP contribution in [0.3, 0.4) is 0 Å². The largest absolute Gasteiger partial charge is 0.497 e. The zero-order chi connectivity index (χ0) is 94.2. The molecular weight excluding hydrogens is 1740 g/mol. The molecule has 0 radical (unpaired) electrons. The molecule has 12 heterocycles. The van der Waals surface area contributed by atoms with Crippen LogP contribution in [0.15, 0.2) is 248 Å². The van der Waals surface area contributed by atoms with Crippen molar-refractivity contribution in [3.63, 3.8) is 0 Å². The number of hydrogen-bond acceptors (Lipinski definition) is 20. The molecule has 0 bridgehead atoms. The SMILES string of the molecule is CCN(CC)c1ccc2c(n1)N(c1ccc(OC)cc1)C(=O)N(c1ccc3nn(C)cc3c1)C2.COc1ccc(N2C(=O)N(c3ccc4nn(C)cc4c3)Cc3ccc(N(C)C)nc32)cc1.COc1ccc(N2C(=O)N(c3ccc4nn(C)cc4c3)Cc3ccc(NC4CCC4)nc32)cc1.COc1ccc(N2C(=O)N(c3ccc4nn(C)cc4c3)Cc3ccc(SCC(F)(F)F)nc32)cc1. The van der Waals surface area contributed by atoms with Crippen LogP contribution in [0.4, 0.5) is 119 Å². The van der Waals surface area contributed by atoms with Crippen molar-refractivity contribution in [1.29, 1.82) is 0 Å². The Hall–Kier alpha value is -15.9. The number of halogens is 3. The minimum atomic E-state index is -4.32. The molecule has 0 spiro atoms. The lowest BCUT2D eigenvalue weighted by Crippen LogP contribution is -2.45. The zero-order valence-electron chi connectivity index (χ0n) is 76.4. The highest BCUT2D eigenvalue weighted by Gasteiger charge is 2.40. The summed E-state index contributed by atoms with van der Waals surface area (Å²) >= 11 is 0.589. The Morgan fingerprint density at radius 2 is 0.674 bits per heavy atom. The van der Waals surface area contributed by atoms with Crippen molar-refractivity contribution < 1.29 is 51.3 Å². The number of aromatic nitrogens is 12. The van der Waals surface area contributed by atoms with Gasteiger partial charge in [0.1, 0.15) is 63.7 Å². The fraction of sp³-hybridized carbons (Fsp3) is 0.240. The quantitative estimate of drug-likeness (QED) is 0.0694. The molecule has 0 unspecified atom stereocenters. The smallest absolute Gasteiger partial charge is 0.398 e. The maximum absolute atomic E-state index is 14.0. The van der Waals surface area contributed by atoms with E-state index in [-0.39, 0.29) is 35.7 Å². The van der Waals surface area contributed by atoms with Gasteiger partial charge in [-0.3, -0.25) is 38.3 Å². The zero-order valence-corrected chi connectivity index (χ0v) is 77.2. The number of ether oxygens (including phenoxy) is 4. The number of urea groups is 4. The molecule has 1 N–H and O–H groups in total. The molecule has 16 aromatic rings. The molecule has 8 aromatic carbocycles. The van der Waals surface area contributed by atoms with Crippen LogP contribution in [-0.4, -0.2) is 157 Å². The number of carbonyl (C=O) groups is 4. The van der Waals surface area contributed by atoms with Gasteiger partial charge >= 0.3 is 30.3 Å². The number of thioether (sulfide) groups is 1. The number of nitrogens with one attached hydrogen (secondary N) is 1. The first kappa shape index (κ1) is 89.6. The van der Waals surface area contributed by atoms with Crippen molar-refractivity contribution in [2.24, 2.45) is 28.2 Å². The number of fused-ring (bicyclic) bond motifs is 8. The highest BCUT2D eigenvalue weighted by atomic mass is 32.2. The van der Waals surface area contributed by atoms with Crippen LogP contribution in [0.1, 0.15) is 55.4 Å². The predicted molar refractivity (Wildman–Crippen MR) is 523 cm³/mol. The predicted octanol–water partition coefficient (Wildman–Crippen LogP) is 20.6. The molecule has 0 saturated heterocycles. The van der Waals surface area contributed by atoms with Crippen LogP contribution in [0.5, 0.6) is 23.0 Å². The highest BCUT2D eigenvalue weighted by molar-refractivity contribution is 7.99. The number of amides is 8. The van der Waals surface area contributed by atoms with Gasteiger partial charge in [0.25, 0.3) is 0 Å². The summed E-state index contributed by atoms with van der Waals surface area (Å²) in [4.78, 5) is 92.1. The van der Waals surface area contributed by atoms with Gasteiger partial charge in [-0.25, -0.2) is 58.7 Å². The molecular formula is C100H98F3N23O8S. The summed E-state index contributed by atoms with van der Waals surface area (Å²) in [6.07, 6.45) is 6.98. The Kier molecular flexibility index (Phi) is 25.1. The number of nitrogens with zero attached hydrogens (tertiary/aromatic N) is 22. The minimum absolute atomic E-state index is 0.144. The molecule has 21 rings (SSSR count). The average Bonchev–Trinajstić information content (AvgIpc) is 1.48. The first-order valence-corrected chi connectivity index (χ1v) is 44.9. The summed E-state index contributed by atoms with van der Waals surface area (Å²) < 4.78 is 66.5. The molecule has 8 aromatic heterocycles. The van der Waals surface area contributed by atoms with Crippen molar-refractivity contribution in [2.75, 3.05) is 116 Å². The van der Waals surface area contributed by atoms with Gasteiger partial charge in [0.15, 0.2) is 0 Å². The fourth-order valence-electron chi connectivity index (χ4n) is 16.9. The number of alkyl halides is 3. The summed E-state index contributed by atoms with van der Waals surface area (Å²) in [5.74, 6) is 6.49. The molecule has 1 fully saturated rings. The van der Waals surface area contributed by atoms with E-state index in [0.29, 0.717) is 83.4 Å². The number of hydrogen-bond donors (Lipinski definition) is 1. The van der Waals surface area contributed by atoms with Crippen LogP contribution < -0.4 is 73.3 Å². The molecule has 135 heavy (non-hydrogen) atoms. The van der Waals surface area contributed by atoms with Crippen LogP contribution in [0.25, 0.3) is 43.6 Å². The van der Waals surface area contributed by atoms with E-state index in [2.05, 4.69) is 61.6 Å². The Morgan fingerprint density at radius 1 is 0.378 bits per heavy atom. The fourth-order valence-corrected chi connectivity index (χ4v) is 17.5. The van der Waals surface area contributed by atoms with Crippen LogP contribution in [0, 0.1) is 0 Å². The third-order valence-corrected chi connectivity index (χ3v) is 25.0. The van der Waals surface area contributed by atoms with Crippen LogP contribution in [0.2, 0.25) is 0 Å². The van der Waals surface area contributed by atoms with Gasteiger partial charge in [-0.2, -0.15) is 33.6 Å². The van der Waals surface area contributed by atoms with Crippen LogP contribution >= 0.6 is 11.8 Å². The lowest BCUT2D eigenvalue weighted by Gasteiger charge is -2.37. The highest BCUT2D eigenvalue weighted by Crippen LogP contribution is 2.45. The molecule has 0 atom stereocenters. The second-order valence-corrected chi connectivity index (χ2v) is 34.1. The molecule has 5 aliphatic rings. The van der Waals surface area contributed by atoms with E-state index in [0.717, 1.165) is 155 Å². The van der Waals surface area contributed by atoms with E-state index in [4.69, 9.17) is 33.9 Å². The maximum atomic E-state index is 14.0. The first-order valence-electron chi connectivity index (χ1n) is 43.9. The third-order valence-electron chi connectivity index (χ3n) is 24.0. The average molecular weight is 1840 g/mol. The molecule has 31 nitrogen and oxygen atoms in total. The second kappa shape index (κ2) is 37.7. The summed E-state index contributed by atoms with van der Waals surface area (Å²) in [5, 5.41) is 25.3. The Balaban J connectivity index is 0.000000120. The normalized spacial score (nSPS) is 14.2. The van der Waals surface area contributed by atoms with Gasteiger partial charge in [0.2, 0.25) is 0 Å². The standard InChI is InChI=1S/C26H26N6O2.C26H28N6O2.C24H20F3N5O2S.C24H24N6O2/c1-30-15-18-14-21(9-12-23(18)29-30)31-16-17-6-13-24(27-19-4-3-5-19)28-25(17)32(26(31)33)20-7-10-22(34-2)11-8-20;1-5-30(6-2)24-14-7-18-17-31(21-10-13-23-19(15-21)16-29(3)28-23)26(33)32(25(18)27-24)20-8-11-22(34-4)12-9-20;1-30-12-16-11-18(6-9-20(16)29-30)31-13-15-3-10-21(35-14-24(25,26)27)28-22(15)32(23(31)33)17-4-7-19(34-2)8-5-17;1-27(2)22-12-5-16-15-29(19-8-11-21-17(13-19)14-28(3)26-21)24(31)30(23(16)25-22)18-6-9-20(32-4)10-7-18/h6-15,19H,3-5,16H2,1-2H3,(H,27,28);7-16H,5-6,17H2,1-4H3;3-12H,13-14H2,1-2H3;5-14H,15H2,1-4H3. The van der Waals surface area contributed by atoms with Crippen LogP contribution in [-0.2, 0) is 54.4 Å². The summed E-state index contributed by atoms with van der Waals surface area (Å²) in [6.45, 7) is 7.45. The van der Waals surface area contributed by atoms with E-state index in [1.165, 1.54) is 11.3 Å². The topological polar surface area (TPSA) is 272 Å². The van der Waals surface area contributed by atoms with Crippen molar-refractivity contribution in [1.82, 2.24) is 59.1 Å². The van der Waals surface area contributed by atoms with E-state index in [9.17, 15) is 32.3 Å². The van der Waals surface area contributed by atoms with Gasteiger partial charge in [-0.15, -0.1) is 0 Å². The van der Waals surface area contributed by atoms with Gasteiger partial charge in [-0.05, 0) is 245 Å². The molecule has 35 heteroatoms. The molecule has 1 saturated carbocycles. The van der Waals surface area contributed by atoms with Crippen molar-refractivity contribution in [2.45, 2.75) is 76.5 Å². The second-order valence-electron chi connectivity index (χ2n) is 33.2. The molecule has 688 valence electrons. The minimum Gasteiger partial charge on any atom is -0.497 e. The molecule has 1 aliphatic carbocycles. The monoisotopic (exact) mass is 1840 g/mol. The van der Waals surface area contributed by atoms with Crippen molar-refractivity contribution >= 4 is 166 Å². The first-order chi connectivity index (χ1) is 65.3. The summed E-state index contributed by atoms with van der Waals surface area (Å²) in [6, 6.07) is 67.7. The summed E-state index contributed by atoms with van der Waals surface area (Å²) in [5.41, 5.74) is 13.0. The van der Waals surface area contributed by atoms with E-state index in [1.54, 1.807) is 118 Å². The van der Waals surface area contributed by atoms with Gasteiger partial charge < -0.3 is 34.1 Å². The number of carbonyl (C=O) groups excluding carboxylic acids is 4. The Bertz CT molecular complexity index is 7130. The van der Waals surface area contributed by atoms with Gasteiger partial charge in [-0.1, -0.05) is 17.8 Å². The third kappa shape index (κ3) is 18.6. The van der Waals surface area contributed by atoms with Crippen molar-refractivity contribution in [3.05, 3.63) is 265 Å². The molecule has 8 amide bonds. The van der Waals surface area contributed by atoms with Gasteiger partial charge in [0.05, 0.1) is 110 Å². The lowest BCUT2D eigenvalue weighted by molar-refractivity contribution is -0.105. The Morgan fingerprint density at radius 3 is 0.978 bits per heavy atom. The van der Waals surface area contributed by atoms with Crippen molar-refractivity contribution in [3.8, 4) is 23.0 Å². The van der Waals surface area contributed by atoms with E-state index >= 15 is 0 Å². The lowest BCUT2D eigenvalue weighted by atomic mass is 9.93. The number of anilines is 15. The van der Waals surface area contributed by atoms with E-state index < -0.39 is 11.9 Å². The van der Waals surface area contributed by atoms with E-state index in [1.807, 2.05) is 242 Å². The number of aryl methyl sites for hydroxylation is 4. The van der Waals surface area contributed by atoms with Gasteiger partial charge in [0, 0.05) is 153 Å².